The number of halogens is 1. The van der Waals surface area contributed by atoms with Crippen molar-refractivity contribution in [2.45, 2.75) is 25.9 Å². The van der Waals surface area contributed by atoms with Gasteiger partial charge in [0.15, 0.2) is 0 Å². The van der Waals surface area contributed by atoms with Gasteiger partial charge in [0.05, 0.1) is 12.0 Å². The molecule has 1 aliphatic heterocycles. The zero-order valence-electron chi connectivity index (χ0n) is 16.0. The van der Waals surface area contributed by atoms with Gasteiger partial charge in [-0.1, -0.05) is 6.07 Å². The van der Waals surface area contributed by atoms with Crippen molar-refractivity contribution in [1.82, 2.24) is 5.32 Å². The fraction of sp³-hybridized carbons (Fsp3) is 0.300. The predicted molar refractivity (Wildman–Crippen MR) is 103 cm³/mol. The van der Waals surface area contributed by atoms with Crippen LogP contribution in [0.15, 0.2) is 36.4 Å². The first-order chi connectivity index (χ1) is 13.8. The first-order valence-electron chi connectivity index (χ1n) is 8.99. The Hall–Kier alpha value is -3.49. The number of nitro benzene ring substituents is 1. The highest BCUT2D eigenvalue weighted by molar-refractivity contribution is 5.98. The van der Waals surface area contributed by atoms with Crippen molar-refractivity contribution in [1.29, 1.82) is 0 Å². The molecule has 8 nitrogen and oxygen atoms in total. The number of hydrogen-bond donors (Lipinski definition) is 1. The third-order valence-electron chi connectivity index (χ3n) is 4.86. The molecule has 2 aromatic carbocycles. The van der Waals surface area contributed by atoms with Crippen molar-refractivity contribution >= 4 is 23.3 Å². The molecule has 1 N–H and O–H groups in total. The number of ether oxygens (including phenoxy) is 1. The lowest BCUT2D eigenvalue weighted by Crippen LogP contribution is -2.39. The normalized spacial score (nSPS) is 14.0. The van der Waals surface area contributed by atoms with Crippen LogP contribution in [0.3, 0.4) is 0 Å². The van der Waals surface area contributed by atoms with Gasteiger partial charge in [0, 0.05) is 24.7 Å². The molecule has 1 unspecified atom stereocenters. The van der Waals surface area contributed by atoms with Crippen molar-refractivity contribution < 1.29 is 23.6 Å². The molecule has 0 saturated carbocycles. The highest BCUT2D eigenvalue weighted by Gasteiger charge is 2.26. The zero-order valence-corrected chi connectivity index (χ0v) is 16.0. The lowest BCUT2D eigenvalue weighted by Gasteiger charge is -2.30. The summed E-state index contributed by atoms with van der Waals surface area (Å²) in [5.41, 5.74) is 2.02. The first-order valence-corrected chi connectivity index (χ1v) is 8.99. The van der Waals surface area contributed by atoms with Gasteiger partial charge in [-0.3, -0.25) is 14.9 Å². The van der Waals surface area contributed by atoms with Crippen LogP contribution in [0.25, 0.3) is 0 Å². The molecule has 0 aliphatic carbocycles. The summed E-state index contributed by atoms with van der Waals surface area (Å²) in [5.74, 6) is -1.54. The van der Waals surface area contributed by atoms with E-state index in [9.17, 15) is 24.1 Å². The van der Waals surface area contributed by atoms with E-state index in [0.717, 1.165) is 11.1 Å². The molecule has 0 fully saturated rings. The summed E-state index contributed by atoms with van der Waals surface area (Å²) in [7, 11) is 1.20. The van der Waals surface area contributed by atoms with E-state index >= 15 is 0 Å². The molecular weight excluding hydrogens is 381 g/mol. The number of amides is 1. The second-order valence-electron chi connectivity index (χ2n) is 6.76. The second kappa shape index (κ2) is 8.26. The van der Waals surface area contributed by atoms with Crippen LogP contribution in [0.2, 0.25) is 0 Å². The van der Waals surface area contributed by atoms with E-state index in [1.54, 1.807) is 6.07 Å². The molecule has 1 atom stereocenters. The van der Waals surface area contributed by atoms with Gasteiger partial charge in [0.1, 0.15) is 17.5 Å². The Bertz CT molecular complexity index is 979. The highest BCUT2D eigenvalue weighted by atomic mass is 19.1. The minimum Gasteiger partial charge on any atom is -0.467 e. The number of anilines is 1. The third-order valence-corrected chi connectivity index (χ3v) is 4.86. The fourth-order valence-electron chi connectivity index (χ4n) is 3.32. The average molecular weight is 401 g/mol. The van der Waals surface area contributed by atoms with E-state index in [4.69, 9.17) is 0 Å². The summed E-state index contributed by atoms with van der Waals surface area (Å²) in [6.07, 6.45) is 0.559. The maximum Gasteiger partial charge on any atom is 0.328 e. The molecule has 9 heteroatoms. The topological polar surface area (TPSA) is 102 Å². The van der Waals surface area contributed by atoms with E-state index in [2.05, 4.69) is 10.1 Å². The van der Waals surface area contributed by atoms with E-state index < -0.39 is 22.8 Å². The van der Waals surface area contributed by atoms with E-state index in [0.29, 0.717) is 25.2 Å². The minimum absolute atomic E-state index is 0.0654. The maximum absolute atomic E-state index is 13.4. The Balaban J connectivity index is 1.85. The third kappa shape index (κ3) is 4.34. The Morgan fingerprint density at radius 2 is 2.00 bits per heavy atom. The lowest BCUT2D eigenvalue weighted by molar-refractivity contribution is -0.384. The monoisotopic (exact) mass is 401 g/mol. The molecule has 1 aliphatic rings. The van der Waals surface area contributed by atoms with Gasteiger partial charge in [-0.15, -0.1) is 0 Å². The predicted octanol–water partition coefficient (Wildman–Crippen LogP) is 2.59. The van der Waals surface area contributed by atoms with Crippen LogP contribution in [0.5, 0.6) is 0 Å². The number of carbonyl (C=O) groups is 2. The van der Waals surface area contributed by atoms with E-state index in [1.165, 1.54) is 44.4 Å². The van der Waals surface area contributed by atoms with Gasteiger partial charge >= 0.3 is 5.97 Å². The number of carbonyl (C=O) groups excluding carboxylic acids is 2. The molecule has 29 heavy (non-hydrogen) atoms. The SMILES string of the molecule is COC(=O)C(C)NC(=O)c1ccc(N2CCc3cc(F)ccc3C2)c([N+](=O)[O-])c1. The largest absolute Gasteiger partial charge is 0.467 e. The molecule has 0 spiro atoms. The molecule has 0 saturated heterocycles. The van der Waals surface area contributed by atoms with Crippen LogP contribution in [0, 0.1) is 15.9 Å². The summed E-state index contributed by atoms with van der Waals surface area (Å²) in [5, 5.41) is 14.1. The van der Waals surface area contributed by atoms with Crippen molar-refractivity contribution in [3.05, 3.63) is 69.0 Å². The van der Waals surface area contributed by atoms with Gasteiger partial charge in [0.25, 0.3) is 11.6 Å². The van der Waals surface area contributed by atoms with Crippen molar-refractivity contribution in [3.63, 3.8) is 0 Å². The van der Waals surface area contributed by atoms with Crippen LogP contribution < -0.4 is 10.2 Å². The van der Waals surface area contributed by atoms with Crippen LogP contribution in [0.4, 0.5) is 15.8 Å². The lowest BCUT2D eigenvalue weighted by atomic mass is 9.98. The maximum atomic E-state index is 13.4. The molecule has 3 rings (SSSR count). The summed E-state index contributed by atoms with van der Waals surface area (Å²) in [6.45, 7) is 2.35. The van der Waals surface area contributed by atoms with Crippen LogP contribution in [0.1, 0.15) is 28.4 Å². The number of methoxy groups -OCH3 is 1. The molecular formula is C20H20FN3O5. The molecule has 0 aromatic heterocycles. The quantitative estimate of drug-likeness (QED) is 0.469. The molecule has 0 radical (unpaired) electrons. The number of rotatable bonds is 5. The average Bonchev–Trinajstić information content (AvgIpc) is 2.72. The van der Waals surface area contributed by atoms with Crippen LogP contribution in [-0.4, -0.2) is 36.5 Å². The van der Waals surface area contributed by atoms with Gasteiger partial charge < -0.3 is 15.0 Å². The molecule has 1 heterocycles. The Labute approximate surface area is 166 Å². The van der Waals surface area contributed by atoms with Gasteiger partial charge in [-0.25, -0.2) is 9.18 Å². The summed E-state index contributed by atoms with van der Waals surface area (Å²) >= 11 is 0. The second-order valence-corrected chi connectivity index (χ2v) is 6.76. The molecule has 1 amide bonds. The standard InChI is InChI=1S/C20H20FN3O5/c1-12(20(26)29-2)22-19(25)14-4-6-17(18(10-14)24(27)28)23-8-7-13-9-16(21)5-3-15(13)11-23/h3-6,9-10,12H,7-8,11H2,1-2H3,(H,22,25). The summed E-state index contributed by atoms with van der Waals surface area (Å²) in [4.78, 5) is 36.7. The number of fused-ring (bicyclic) bond motifs is 1. The Kier molecular flexibility index (Phi) is 5.76. The zero-order chi connectivity index (χ0) is 21.1. The van der Waals surface area contributed by atoms with Crippen LogP contribution >= 0.6 is 0 Å². The highest BCUT2D eigenvalue weighted by Crippen LogP contribution is 2.33. The van der Waals surface area contributed by atoms with Gasteiger partial charge in [0.2, 0.25) is 0 Å². The van der Waals surface area contributed by atoms with E-state index in [-0.39, 0.29) is 17.1 Å². The van der Waals surface area contributed by atoms with Crippen molar-refractivity contribution in [2.24, 2.45) is 0 Å². The first kappa shape index (κ1) is 20.2. The molecule has 0 bridgehead atoms. The number of nitro groups is 1. The number of benzene rings is 2. The van der Waals surface area contributed by atoms with Crippen molar-refractivity contribution in [3.8, 4) is 0 Å². The number of esters is 1. The molecule has 2 aromatic rings. The van der Waals surface area contributed by atoms with Crippen LogP contribution in [-0.2, 0) is 22.5 Å². The Morgan fingerprint density at radius 1 is 1.24 bits per heavy atom. The van der Waals surface area contributed by atoms with E-state index in [1.807, 2.05) is 4.90 Å². The van der Waals surface area contributed by atoms with Gasteiger partial charge in [-0.2, -0.15) is 0 Å². The number of hydrogen-bond acceptors (Lipinski definition) is 6. The fourth-order valence-corrected chi connectivity index (χ4v) is 3.32. The van der Waals surface area contributed by atoms with Gasteiger partial charge in [-0.05, 0) is 48.7 Å². The van der Waals surface area contributed by atoms with Crippen molar-refractivity contribution in [2.75, 3.05) is 18.6 Å². The summed E-state index contributed by atoms with van der Waals surface area (Å²) < 4.78 is 18.0. The minimum atomic E-state index is -0.884. The number of nitrogens with zero attached hydrogens (tertiary/aromatic N) is 2. The smallest absolute Gasteiger partial charge is 0.328 e. The number of nitrogens with one attached hydrogen (secondary N) is 1. The molecule has 152 valence electrons. The Morgan fingerprint density at radius 3 is 2.69 bits per heavy atom. The summed E-state index contributed by atoms with van der Waals surface area (Å²) in [6, 6.07) is 7.83.